The Morgan fingerprint density at radius 1 is 0.435 bits per heavy atom. The fourth-order valence-corrected chi connectivity index (χ4v) is 14.1. The summed E-state index contributed by atoms with van der Waals surface area (Å²) in [6.45, 7) is 0. The first-order valence-electron chi connectivity index (χ1n) is 20.9. The molecular weight excluding hydrogens is 585 g/mol. The molecule has 0 spiro atoms. The van der Waals surface area contributed by atoms with Crippen LogP contribution in [0.4, 0.5) is 0 Å². The highest BCUT2D eigenvalue weighted by molar-refractivity contribution is 7.89. The van der Waals surface area contributed by atoms with Gasteiger partial charge in [0.2, 0.25) is 0 Å². The van der Waals surface area contributed by atoms with E-state index in [0.717, 1.165) is 73.2 Å². The zero-order valence-electron chi connectivity index (χ0n) is 29.3. The van der Waals surface area contributed by atoms with E-state index < -0.39 is 10.1 Å². The summed E-state index contributed by atoms with van der Waals surface area (Å²) < 4.78 is 38.0. The third kappa shape index (κ3) is 7.89. The lowest BCUT2D eigenvalue weighted by Crippen LogP contribution is -2.34. The minimum atomic E-state index is -4.23. The molecule has 1 unspecified atom stereocenters. The van der Waals surface area contributed by atoms with Gasteiger partial charge in [0, 0.05) is 5.92 Å². The van der Waals surface area contributed by atoms with Crippen molar-refractivity contribution in [2.75, 3.05) is 0 Å². The Morgan fingerprint density at radius 2 is 0.783 bits per heavy atom. The molecule has 0 heterocycles. The maximum atomic E-state index is 13.5. The third-order valence-corrected chi connectivity index (χ3v) is 16.6. The standard InChI is InChI=1S/C42H68O3S/c43-46(44,45)42-40(37-24-20-34(21-25-37)31-12-6-2-7-13-31)28-39(36-18-16-33(17-19-36)30-10-4-1-5-11-30)29-41(42)38-26-22-35(23-27-38)32-14-8-3-9-15-32/h28,30-38,41H,1-27,29H2,(H,43,44,45). The van der Waals surface area contributed by atoms with Crippen molar-refractivity contribution in [1.29, 1.82) is 0 Å². The summed E-state index contributed by atoms with van der Waals surface area (Å²) >= 11 is 0. The van der Waals surface area contributed by atoms with Gasteiger partial charge in [-0.3, -0.25) is 4.55 Å². The van der Waals surface area contributed by atoms with Crippen LogP contribution < -0.4 is 0 Å². The van der Waals surface area contributed by atoms with Crippen molar-refractivity contribution in [3.8, 4) is 0 Å². The Kier molecular flexibility index (Phi) is 11.4. The first kappa shape index (κ1) is 33.9. The lowest BCUT2D eigenvalue weighted by atomic mass is 9.63. The van der Waals surface area contributed by atoms with Crippen LogP contribution in [-0.4, -0.2) is 13.0 Å². The summed E-state index contributed by atoms with van der Waals surface area (Å²) in [5.74, 6) is 6.71. The number of rotatable bonds is 7. The van der Waals surface area contributed by atoms with Gasteiger partial charge in [-0.15, -0.1) is 0 Å². The summed E-state index contributed by atoms with van der Waals surface area (Å²) in [4.78, 5) is 0.495. The molecule has 1 N–H and O–H groups in total. The van der Waals surface area contributed by atoms with Crippen LogP contribution in [0, 0.1) is 59.2 Å². The van der Waals surface area contributed by atoms with Crippen molar-refractivity contribution in [3.63, 3.8) is 0 Å². The molecule has 7 aliphatic carbocycles. The summed E-state index contributed by atoms with van der Waals surface area (Å²) in [5, 5.41) is 0. The van der Waals surface area contributed by atoms with Crippen molar-refractivity contribution < 1.29 is 13.0 Å². The molecule has 6 fully saturated rings. The van der Waals surface area contributed by atoms with Crippen molar-refractivity contribution in [3.05, 3.63) is 22.1 Å². The van der Waals surface area contributed by atoms with Gasteiger partial charge in [0.1, 0.15) is 0 Å². The van der Waals surface area contributed by atoms with Crippen LogP contribution in [0.3, 0.4) is 0 Å². The highest BCUT2D eigenvalue weighted by Crippen LogP contribution is 2.53. The Bertz CT molecular complexity index is 1140. The third-order valence-electron chi connectivity index (χ3n) is 15.5. The molecule has 7 aliphatic rings. The Morgan fingerprint density at radius 3 is 1.20 bits per heavy atom. The van der Waals surface area contributed by atoms with E-state index in [4.69, 9.17) is 0 Å². The van der Waals surface area contributed by atoms with Crippen molar-refractivity contribution >= 4 is 10.1 Å². The lowest BCUT2D eigenvalue weighted by Gasteiger charge is -2.43. The van der Waals surface area contributed by atoms with Crippen LogP contribution in [-0.2, 0) is 10.1 Å². The monoisotopic (exact) mass is 652 g/mol. The van der Waals surface area contributed by atoms with E-state index in [2.05, 4.69) is 6.08 Å². The topological polar surface area (TPSA) is 54.4 Å². The van der Waals surface area contributed by atoms with Crippen LogP contribution in [0.2, 0.25) is 0 Å². The molecule has 7 rings (SSSR count). The predicted octanol–water partition coefficient (Wildman–Crippen LogP) is 12.2. The SMILES string of the molecule is O=S(=O)(O)C1=C(C2CCC(C3CCCCC3)CC2)C=C(C2CCC(C3CCCCC3)CC2)CC1C1CCC(C2CCCCC2)CC1. The maximum absolute atomic E-state index is 13.5. The van der Waals surface area contributed by atoms with Crippen molar-refractivity contribution in [2.24, 2.45) is 59.2 Å². The van der Waals surface area contributed by atoms with Gasteiger partial charge in [-0.2, -0.15) is 8.42 Å². The normalized spacial score (nSPS) is 38.5. The second-order valence-electron chi connectivity index (χ2n) is 17.9. The molecule has 6 saturated carbocycles. The van der Waals surface area contributed by atoms with Crippen LogP contribution in [0.1, 0.15) is 180 Å². The van der Waals surface area contributed by atoms with Gasteiger partial charge in [-0.25, -0.2) is 0 Å². The van der Waals surface area contributed by atoms with E-state index in [1.807, 2.05) is 0 Å². The minimum Gasteiger partial charge on any atom is -0.282 e. The summed E-state index contributed by atoms with van der Waals surface area (Å²) in [6, 6.07) is 0. The maximum Gasteiger partial charge on any atom is 0.291 e. The minimum absolute atomic E-state index is 0.00411. The van der Waals surface area contributed by atoms with Gasteiger partial charge < -0.3 is 0 Å². The molecular formula is C42H68O3S. The molecule has 0 bridgehead atoms. The van der Waals surface area contributed by atoms with E-state index in [1.54, 1.807) is 5.57 Å². The summed E-state index contributed by atoms with van der Waals surface area (Å²) in [5.41, 5.74) is 2.66. The Labute approximate surface area is 283 Å². The van der Waals surface area contributed by atoms with Crippen LogP contribution >= 0.6 is 0 Å². The smallest absolute Gasteiger partial charge is 0.282 e. The zero-order valence-corrected chi connectivity index (χ0v) is 30.1. The Hall–Kier alpha value is -0.610. The molecule has 0 saturated heterocycles. The quantitative estimate of drug-likeness (QED) is 0.278. The molecule has 0 aromatic rings. The molecule has 0 radical (unpaired) electrons. The van der Waals surface area contributed by atoms with Gasteiger partial charge >= 0.3 is 0 Å². The molecule has 0 aromatic carbocycles. The molecule has 3 nitrogen and oxygen atoms in total. The second kappa shape index (κ2) is 15.5. The lowest BCUT2D eigenvalue weighted by molar-refractivity contribution is 0.143. The van der Waals surface area contributed by atoms with Crippen molar-refractivity contribution in [1.82, 2.24) is 0 Å². The average Bonchev–Trinajstić information content (AvgIpc) is 3.12. The number of allylic oxidation sites excluding steroid dienone is 4. The molecule has 0 amide bonds. The number of hydrogen-bond donors (Lipinski definition) is 1. The van der Waals surface area contributed by atoms with Gasteiger partial charge in [0.05, 0.1) is 4.91 Å². The average molecular weight is 653 g/mol. The molecule has 1 atom stereocenters. The van der Waals surface area contributed by atoms with E-state index in [1.165, 1.54) is 148 Å². The fraction of sp³-hybridized carbons (Fsp3) is 0.905. The van der Waals surface area contributed by atoms with E-state index in [0.29, 0.717) is 22.7 Å². The van der Waals surface area contributed by atoms with Crippen molar-refractivity contribution in [2.45, 2.75) is 180 Å². The van der Waals surface area contributed by atoms with Gasteiger partial charge in [-0.1, -0.05) is 108 Å². The van der Waals surface area contributed by atoms with Gasteiger partial charge in [0.15, 0.2) is 0 Å². The second-order valence-corrected chi connectivity index (χ2v) is 19.3. The first-order valence-corrected chi connectivity index (χ1v) is 22.3. The molecule has 0 aliphatic heterocycles. The van der Waals surface area contributed by atoms with E-state index in [9.17, 15) is 13.0 Å². The molecule has 4 heteroatoms. The fourth-order valence-electron chi connectivity index (χ4n) is 12.9. The van der Waals surface area contributed by atoms with Gasteiger partial charge in [-0.05, 0) is 142 Å². The largest absolute Gasteiger partial charge is 0.291 e. The molecule has 46 heavy (non-hydrogen) atoms. The zero-order chi connectivity index (χ0) is 31.5. The highest BCUT2D eigenvalue weighted by Gasteiger charge is 2.43. The first-order chi connectivity index (χ1) is 22.4. The molecule has 260 valence electrons. The Balaban J connectivity index is 1.11. The van der Waals surface area contributed by atoms with Gasteiger partial charge in [0.25, 0.3) is 10.1 Å². The van der Waals surface area contributed by atoms with E-state index in [-0.39, 0.29) is 5.92 Å². The summed E-state index contributed by atoms with van der Waals surface area (Å²) in [7, 11) is -4.23. The van der Waals surface area contributed by atoms with Crippen LogP contribution in [0.15, 0.2) is 22.1 Å². The van der Waals surface area contributed by atoms with Crippen LogP contribution in [0.25, 0.3) is 0 Å². The van der Waals surface area contributed by atoms with E-state index >= 15 is 0 Å². The van der Waals surface area contributed by atoms with Crippen LogP contribution in [0.5, 0.6) is 0 Å². The number of hydrogen-bond acceptors (Lipinski definition) is 2. The predicted molar refractivity (Wildman–Crippen MR) is 191 cm³/mol. The highest BCUT2D eigenvalue weighted by atomic mass is 32.2. The summed E-state index contributed by atoms with van der Waals surface area (Å²) in [6.07, 6.45) is 39.6. The molecule has 0 aromatic heterocycles.